The van der Waals surface area contributed by atoms with Gasteiger partial charge in [-0.05, 0) is 31.5 Å². The number of rotatable bonds is 3. The van der Waals surface area contributed by atoms with E-state index in [1.165, 1.54) is 17.7 Å². The highest BCUT2D eigenvalue weighted by Crippen LogP contribution is 2.22. The Hall–Kier alpha value is -2.87. The number of benzene rings is 1. The molecule has 0 N–H and O–H groups in total. The van der Waals surface area contributed by atoms with Crippen molar-refractivity contribution in [3.8, 4) is 17.3 Å². The van der Waals surface area contributed by atoms with Crippen LogP contribution in [0.15, 0.2) is 41.2 Å². The Morgan fingerprint density at radius 3 is 2.41 bits per heavy atom. The van der Waals surface area contributed by atoms with Crippen LogP contribution in [0.1, 0.15) is 24.1 Å². The first-order chi connectivity index (χ1) is 10.5. The van der Waals surface area contributed by atoms with Gasteiger partial charge in [-0.15, -0.1) is 0 Å². The lowest BCUT2D eigenvalue weighted by atomic mass is 10.1. The van der Waals surface area contributed by atoms with Crippen molar-refractivity contribution in [1.29, 1.82) is 5.26 Å². The normalized spacial score (nSPS) is 11.5. The fourth-order valence-electron chi connectivity index (χ4n) is 2.26. The monoisotopic (exact) mass is 296 g/mol. The molecule has 1 unspecified atom stereocenters. The summed E-state index contributed by atoms with van der Waals surface area (Å²) in [5.41, 5.74) is 1.95. The summed E-state index contributed by atoms with van der Waals surface area (Å²) in [7, 11) is 1.27. The Balaban J connectivity index is 2.72. The Bertz CT molecular complexity index is 798. The van der Waals surface area contributed by atoms with Crippen LogP contribution < -0.4 is 5.56 Å². The number of methoxy groups -OCH3 is 1. The van der Waals surface area contributed by atoms with E-state index in [0.717, 1.165) is 11.1 Å². The van der Waals surface area contributed by atoms with E-state index in [1.807, 2.05) is 37.3 Å². The quantitative estimate of drug-likeness (QED) is 0.815. The zero-order valence-corrected chi connectivity index (χ0v) is 12.7. The smallest absolute Gasteiger partial charge is 0.328 e. The molecule has 0 radical (unpaired) electrons. The van der Waals surface area contributed by atoms with E-state index in [2.05, 4.69) is 0 Å². The van der Waals surface area contributed by atoms with Crippen molar-refractivity contribution in [2.45, 2.75) is 19.9 Å². The standard InChI is InChI=1S/C17H16N2O3/c1-11-4-6-13(7-5-11)15-9-8-14(10-18)16(20)19(15)12(2)17(21)22-3/h4-9,12H,1-3H3. The van der Waals surface area contributed by atoms with E-state index in [1.54, 1.807) is 13.0 Å². The molecule has 1 aromatic heterocycles. The molecule has 0 saturated heterocycles. The van der Waals surface area contributed by atoms with Gasteiger partial charge in [0, 0.05) is 0 Å². The molecule has 2 aromatic rings. The zero-order chi connectivity index (χ0) is 16.3. The Morgan fingerprint density at radius 1 is 1.23 bits per heavy atom. The molecule has 5 nitrogen and oxygen atoms in total. The van der Waals surface area contributed by atoms with Crippen LogP contribution in [0.4, 0.5) is 0 Å². The van der Waals surface area contributed by atoms with Crippen LogP contribution in [0.5, 0.6) is 0 Å². The zero-order valence-electron chi connectivity index (χ0n) is 12.7. The topological polar surface area (TPSA) is 72.1 Å². The minimum Gasteiger partial charge on any atom is -0.467 e. The van der Waals surface area contributed by atoms with E-state index in [0.29, 0.717) is 5.69 Å². The second kappa shape index (κ2) is 6.27. The molecule has 0 aliphatic heterocycles. The van der Waals surface area contributed by atoms with Gasteiger partial charge in [0.05, 0.1) is 12.8 Å². The highest BCUT2D eigenvalue weighted by atomic mass is 16.5. The number of pyridine rings is 1. The maximum Gasteiger partial charge on any atom is 0.328 e. The van der Waals surface area contributed by atoms with Crippen LogP contribution in [-0.2, 0) is 9.53 Å². The lowest BCUT2D eigenvalue weighted by Crippen LogP contribution is -2.31. The Morgan fingerprint density at radius 2 is 1.86 bits per heavy atom. The number of nitrogens with zero attached hydrogens (tertiary/aromatic N) is 2. The van der Waals surface area contributed by atoms with Gasteiger partial charge >= 0.3 is 5.97 Å². The fourth-order valence-corrected chi connectivity index (χ4v) is 2.26. The van der Waals surface area contributed by atoms with Gasteiger partial charge in [0.2, 0.25) is 0 Å². The predicted octanol–water partition coefficient (Wildman–Crippen LogP) is 2.43. The van der Waals surface area contributed by atoms with Crippen molar-refractivity contribution in [3.63, 3.8) is 0 Å². The van der Waals surface area contributed by atoms with E-state index in [9.17, 15) is 9.59 Å². The molecule has 0 fully saturated rings. The maximum absolute atomic E-state index is 12.5. The number of hydrogen-bond acceptors (Lipinski definition) is 4. The van der Waals surface area contributed by atoms with Crippen LogP contribution in [0.2, 0.25) is 0 Å². The first kappa shape index (κ1) is 15.5. The van der Waals surface area contributed by atoms with Gasteiger partial charge in [-0.25, -0.2) is 4.79 Å². The lowest BCUT2D eigenvalue weighted by Gasteiger charge is -2.18. The number of carbonyl (C=O) groups excluding carboxylic acids is 1. The van der Waals surface area contributed by atoms with Crippen molar-refractivity contribution in [2.75, 3.05) is 7.11 Å². The summed E-state index contributed by atoms with van der Waals surface area (Å²) in [6.45, 7) is 3.54. The number of esters is 1. The molecule has 0 spiro atoms. The third-order valence-corrected chi connectivity index (χ3v) is 3.51. The summed E-state index contributed by atoms with van der Waals surface area (Å²) in [4.78, 5) is 24.3. The SMILES string of the molecule is COC(=O)C(C)n1c(-c2ccc(C)cc2)ccc(C#N)c1=O. The van der Waals surface area contributed by atoms with Crippen molar-refractivity contribution < 1.29 is 9.53 Å². The van der Waals surface area contributed by atoms with Gasteiger partial charge in [-0.3, -0.25) is 9.36 Å². The average Bonchev–Trinajstić information content (AvgIpc) is 2.54. The van der Waals surface area contributed by atoms with Crippen molar-refractivity contribution in [2.24, 2.45) is 0 Å². The number of hydrogen-bond donors (Lipinski definition) is 0. The van der Waals surface area contributed by atoms with Gasteiger partial charge in [0.25, 0.3) is 5.56 Å². The number of nitriles is 1. The molecule has 0 bridgehead atoms. The van der Waals surface area contributed by atoms with E-state index < -0.39 is 17.6 Å². The first-order valence-corrected chi connectivity index (χ1v) is 6.80. The summed E-state index contributed by atoms with van der Waals surface area (Å²) in [5.74, 6) is -0.537. The van der Waals surface area contributed by atoms with Crippen molar-refractivity contribution >= 4 is 5.97 Å². The van der Waals surface area contributed by atoms with Crippen LogP contribution in [0, 0.1) is 18.3 Å². The Labute approximate surface area is 128 Å². The predicted molar refractivity (Wildman–Crippen MR) is 82.3 cm³/mol. The Kier molecular flexibility index (Phi) is 4.42. The molecule has 1 atom stereocenters. The summed E-state index contributed by atoms with van der Waals surface area (Å²) in [6.07, 6.45) is 0. The summed E-state index contributed by atoms with van der Waals surface area (Å²) < 4.78 is 6.02. The number of ether oxygens (including phenoxy) is 1. The number of aryl methyl sites for hydroxylation is 1. The highest BCUT2D eigenvalue weighted by Gasteiger charge is 2.21. The molecule has 0 amide bonds. The molecule has 2 rings (SSSR count). The second-order valence-corrected chi connectivity index (χ2v) is 4.98. The van der Waals surface area contributed by atoms with E-state index in [4.69, 9.17) is 10.00 Å². The molecule has 1 aromatic carbocycles. The molecule has 1 heterocycles. The maximum atomic E-state index is 12.5. The summed E-state index contributed by atoms with van der Waals surface area (Å²) >= 11 is 0. The fraction of sp³-hybridized carbons (Fsp3) is 0.235. The van der Waals surface area contributed by atoms with Gasteiger partial charge in [0.1, 0.15) is 17.7 Å². The van der Waals surface area contributed by atoms with Crippen LogP contribution >= 0.6 is 0 Å². The number of aromatic nitrogens is 1. The van der Waals surface area contributed by atoms with Crippen LogP contribution in [-0.4, -0.2) is 17.6 Å². The van der Waals surface area contributed by atoms with Gasteiger partial charge in [-0.1, -0.05) is 29.8 Å². The molecule has 22 heavy (non-hydrogen) atoms. The third kappa shape index (κ3) is 2.77. The van der Waals surface area contributed by atoms with Crippen molar-refractivity contribution in [3.05, 3.63) is 57.9 Å². The molecular formula is C17H16N2O3. The highest BCUT2D eigenvalue weighted by molar-refractivity contribution is 5.75. The molecule has 112 valence electrons. The van der Waals surface area contributed by atoms with Gasteiger partial charge < -0.3 is 4.74 Å². The van der Waals surface area contributed by atoms with Crippen LogP contribution in [0.25, 0.3) is 11.3 Å². The van der Waals surface area contributed by atoms with Gasteiger partial charge in [0.15, 0.2) is 0 Å². The number of carbonyl (C=O) groups is 1. The first-order valence-electron chi connectivity index (χ1n) is 6.80. The van der Waals surface area contributed by atoms with E-state index in [-0.39, 0.29) is 5.56 Å². The van der Waals surface area contributed by atoms with Gasteiger partial charge in [-0.2, -0.15) is 5.26 Å². The lowest BCUT2D eigenvalue weighted by molar-refractivity contribution is -0.144. The minimum atomic E-state index is -0.817. The molecule has 0 aliphatic carbocycles. The molecule has 0 aliphatic rings. The summed E-state index contributed by atoms with van der Waals surface area (Å²) in [5, 5.41) is 9.04. The summed E-state index contributed by atoms with van der Waals surface area (Å²) in [6, 6.07) is 11.8. The average molecular weight is 296 g/mol. The van der Waals surface area contributed by atoms with E-state index >= 15 is 0 Å². The third-order valence-electron chi connectivity index (χ3n) is 3.51. The molecule has 5 heteroatoms. The van der Waals surface area contributed by atoms with Crippen LogP contribution in [0.3, 0.4) is 0 Å². The second-order valence-electron chi connectivity index (χ2n) is 4.98. The molecule has 0 saturated carbocycles. The molecular weight excluding hydrogens is 280 g/mol. The van der Waals surface area contributed by atoms with Crippen molar-refractivity contribution in [1.82, 2.24) is 4.57 Å². The minimum absolute atomic E-state index is 0.00776. The largest absolute Gasteiger partial charge is 0.467 e.